The summed E-state index contributed by atoms with van der Waals surface area (Å²) in [7, 11) is -4.42. The predicted molar refractivity (Wildman–Crippen MR) is 89.3 cm³/mol. The highest BCUT2D eigenvalue weighted by molar-refractivity contribution is 7.52. The first-order valence-electron chi connectivity index (χ1n) is 7.35. The number of benzene rings is 1. The molecule has 24 heavy (non-hydrogen) atoms. The number of rotatable bonds is 7. The van der Waals surface area contributed by atoms with Gasteiger partial charge in [0, 0.05) is 25.3 Å². The van der Waals surface area contributed by atoms with Crippen molar-refractivity contribution in [1.82, 2.24) is 9.55 Å². The van der Waals surface area contributed by atoms with Gasteiger partial charge in [-0.05, 0) is 18.1 Å². The fourth-order valence-corrected chi connectivity index (χ4v) is 3.66. The third-order valence-corrected chi connectivity index (χ3v) is 5.08. The molecule has 5 N–H and O–H groups in total. The van der Waals surface area contributed by atoms with E-state index in [1.54, 1.807) is 30.3 Å². The lowest BCUT2D eigenvalue weighted by Gasteiger charge is -2.24. The maximum Gasteiger partial charge on any atom is 0.349 e. The van der Waals surface area contributed by atoms with Crippen molar-refractivity contribution >= 4 is 13.4 Å². The van der Waals surface area contributed by atoms with Crippen molar-refractivity contribution in [3.8, 4) is 0 Å². The number of aliphatic hydroxyl groups is 1. The van der Waals surface area contributed by atoms with Crippen molar-refractivity contribution in [2.75, 3.05) is 12.3 Å². The SMILES string of the molecule is Nc1ccn(C[C@H](CO)C[C@@H](c2ccccc2)P(=O)(O)O)c(=O)n1. The maximum absolute atomic E-state index is 11.9. The van der Waals surface area contributed by atoms with Gasteiger partial charge in [0.15, 0.2) is 0 Å². The van der Waals surface area contributed by atoms with E-state index in [1.807, 2.05) is 0 Å². The molecule has 0 aliphatic heterocycles. The average Bonchev–Trinajstić information content (AvgIpc) is 2.53. The normalized spacial score (nSPS) is 14.3. The molecular formula is C15H20N3O5P. The molecule has 1 aromatic carbocycles. The van der Waals surface area contributed by atoms with Crippen LogP contribution >= 0.6 is 7.60 Å². The van der Waals surface area contributed by atoms with E-state index >= 15 is 0 Å². The molecular weight excluding hydrogens is 333 g/mol. The number of nitrogen functional groups attached to an aromatic ring is 1. The van der Waals surface area contributed by atoms with Gasteiger partial charge in [-0.2, -0.15) is 4.98 Å². The summed E-state index contributed by atoms with van der Waals surface area (Å²) >= 11 is 0. The van der Waals surface area contributed by atoms with Crippen LogP contribution in [-0.4, -0.2) is 31.1 Å². The molecule has 0 saturated carbocycles. The van der Waals surface area contributed by atoms with Gasteiger partial charge >= 0.3 is 13.3 Å². The Bertz CT molecular complexity index is 774. The van der Waals surface area contributed by atoms with E-state index in [9.17, 15) is 24.3 Å². The second-order valence-electron chi connectivity index (χ2n) is 5.59. The van der Waals surface area contributed by atoms with E-state index < -0.39 is 24.9 Å². The number of nitrogens with two attached hydrogens (primary N) is 1. The zero-order valence-electron chi connectivity index (χ0n) is 12.9. The summed E-state index contributed by atoms with van der Waals surface area (Å²) in [6.45, 7) is -0.230. The van der Waals surface area contributed by atoms with Crippen molar-refractivity contribution < 1.29 is 19.5 Å². The van der Waals surface area contributed by atoms with Crippen LogP contribution in [0.3, 0.4) is 0 Å². The second-order valence-corrected chi connectivity index (χ2v) is 7.39. The molecule has 2 atom stereocenters. The molecule has 0 saturated heterocycles. The molecule has 2 aromatic rings. The maximum atomic E-state index is 11.9. The van der Waals surface area contributed by atoms with Gasteiger partial charge in [0.2, 0.25) is 0 Å². The first-order chi connectivity index (χ1) is 11.3. The summed E-state index contributed by atoms with van der Waals surface area (Å²) in [5.41, 5.74) is 4.30. The van der Waals surface area contributed by atoms with Gasteiger partial charge in [0.25, 0.3) is 0 Å². The Kier molecular flexibility index (Phi) is 5.90. The molecule has 0 bridgehead atoms. The highest BCUT2D eigenvalue weighted by atomic mass is 31.2. The van der Waals surface area contributed by atoms with Gasteiger partial charge in [-0.1, -0.05) is 30.3 Å². The molecule has 0 radical (unpaired) electrons. The third kappa shape index (κ3) is 4.75. The molecule has 130 valence electrons. The molecule has 1 aromatic heterocycles. The average molecular weight is 353 g/mol. The fraction of sp³-hybridized carbons (Fsp3) is 0.333. The number of hydrogen-bond acceptors (Lipinski definition) is 5. The summed E-state index contributed by atoms with van der Waals surface area (Å²) in [5.74, 6) is -0.430. The van der Waals surface area contributed by atoms with Crippen LogP contribution in [0.25, 0.3) is 0 Å². The minimum absolute atomic E-state index is 0.0294. The number of anilines is 1. The van der Waals surface area contributed by atoms with Crippen LogP contribution in [-0.2, 0) is 11.1 Å². The minimum Gasteiger partial charge on any atom is -0.396 e. The van der Waals surface area contributed by atoms with E-state index in [-0.39, 0.29) is 25.4 Å². The van der Waals surface area contributed by atoms with Gasteiger partial charge in [-0.25, -0.2) is 4.79 Å². The molecule has 0 aliphatic rings. The van der Waals surface area contributed by atoms with Gasteiger partial charge in [-0.15, -0.1) is 0 Å². The first kappa shape index (κ1) is 18.4. The minimum atomic E-state index is -4.42. The van der Waals surface area contributed by atoms with Gasteiger partial charge in [0.1, 0.15) is 5.82 Å². The molecule has 2 rings (SSSR count). The Labute approximate surface area is 138 Å². The molecule has 0 fully saturated rings. The number of nitrogens with zero attached hydrogens (tertiary/aromatic N) is 2. The second kappa shape index (κ2) is 7.72. The molecule has 0 spiro atoms. The Hall–Kier alpha value is -1.99. The van der Waals surface area contributed by atoms with Crippen LogP contribution in [0.2, 0.25) is 0 Å². The lowest BCUT2D eigenvalue weighted by atomic mass is 9.99. The Morgan fingerprint density at radius 1 is 1.21 bits per heavy atom. The van der Waals surface area contributed by atoms with Crippen molar-refractivity contribution in [1.29, 1.82) is 0 Å². The van der Waals surface area contributed by atoms with Crippen LogP contribution in [0.15, 0.2) is 47.4 Å². The molecule has 0 amide bonds. The van der Waals surface area contributed by atoms with Gasteiger partial charge in [0.05, 0.1) is 5.66 Å². The predicted octanol–water partition coefficient (Wildman–Crippen LogP) is 0.743. The van der Waals surface area contributed by atoms with Crippen LogP contribution in [0, 0.1) is 5.92 Å². The molecule has 0 aliphatic carbocycles. The van der Waals surface area contributed by atoms with Crippen molar-refractivity contribution in [3.63, 3.8) is 0 Å². The molecule has 8 nitrogen and oxygen atoms in total. The summed E-state index contributed by atoms with van der Waals surface area (Å²) in [6.07, 6.45) is 1.48. The van der Waals surface area contributed by atoms with Crippen molar-refractivity contribution in [2.24, 2.45) is 5.92 Å². The van der Waals surface area contributed by atoms with E-state index in [1.165, 1.54) is 16.8 Å². The van der Waals surface area contributed by atoms with Crippen LogP contribution in [0.5, 0.6) is 0 Å². The molecule has 0 unspecified atom stereocenters. The van der Waals surface area contributed by atoms with Crippen molar-refractivity contribution in [2.45, 2.75) is 18.6 Å². The standard InChI is InChI=1S/C15H20N3O5P/c16-14-6-7-18(15(20)17-14)9-11(10-19)8-13(24(21,22)23)12-4-2-1-3-5-12/h1-7,11,13,19H,8-10H2,(H2,16,17,20)(H2,21,22,23)/t11-,13+/m1/s1. The van der Waals surface area contributed by atoms with E-state index in [0.29, 0.717) is 5.56 Å². The lowest BCUT2D eigenvalue weighted by Crippen LogP contribution is -2.28. The summed E-state index contributed by atoms with van der Waals surface area (Å²) in [4.78, 5) is 34.7. The monoisotopic (exact) mass is 353 g/mol. The topological polar surface area (TPSA) is 139 Å². The van der Waals surface area contributed by atoms with E-state index in [0.717, 1.165) is 0 Å². The number of aliphatic hydroxyl groups excluding tert-OH is 1. The smallest absolute Gasteiger partial charge is 0.349 e. The Morgan fingerprint density at radius 3 is 2.42 bits per heavy atom. The molecule has 9 heteroatoms. The highest BCUT2D eigenvalue weighted by Crippen LogP contribution is 2.54. The fourth-order valence-electron chi connectivity index (χ4n) is 2.52. The summed E-state index contributed by atoms with van der Waals surface area (Å²) < 4.78 is 13.1. The van der Waals surface area contributed by atoms with Gasteiger partial charge < -0.3 is 20.6 Å². The van der Waals surface area contributed by atoms with E-state index in [4.69, 9.17) is 5.73 Å². The van der Waals surface area contributed by atoms with E-state index in [2.05, 4.69) is 4.98 Å². The van der Waals surface area contributed by atoms with Gasteiger partial charge in [-0.3, -0.25) is 9.13 Å². The quantitative estimate of drug-likeness (QED) is 0.539. The Balaban J connectivity index is 2.23. The van der Waals surface area contributed by atoms with Crippen LogP contribution < -0.4 is 11.4 Å². The summed E-state index contributed by atoms with van der Waals surface area (Å²) in [6, 6.07) is 9.86. The number of hydrogen-bond donors (Lipinski definition) is 4. The summed E-state index contributed by atoms with van der Waals surface area (Å²) in [5, 5.41) is 9.58. The lowest BCUT2D eigenvalue weighted by molar-refractivity contribution is 0.196. The van der Waals surface area contributed by atoms with Crippen molar-refractivity contribution in [3.05, 3.63) is 58.6 Å². The Morgan fingerprint density at radius 2 is 1.88 bits per heavy atom. The largest absolute Gasteiger partial charge is 0.396 e. The highest BCUT2D eigenvalue weighted by Gasteiger charge is 2.32. The third-order valence-electron chi connectivity index (χ3n) is 3.76. The zero-order chi connectivity index (χ0) is 17.7. The van der Waals surface area contributed by atoms with Crippen LogP contribution in [0.1, 0.15) is 17.6 Å². The molecule has 1 heterocycles. The van der Waals surface area contributed by atoms with Crippen LogP contribution in [0.4, 0.5) is 5.82 Å². The number of aromatic nitrogens is 2. The zero-order valence-corrected chi connectivity index (χ0v) is 13.8. The first-order valence-corrected chi connectivity index (χ1v) is 9.03.